The third-order valence-electron chi connectivity index (χ3n) is 3.66. The van der Waals surface area contributed by atoms with E-state index in [0.717, 1.165) is 24.3 Å². The molecule has 0 aliphatic carbocycles. The summed E-state index contributed by atoms with van der Waals surface area (Å²) in [4.78, 5) is 35.3. The van der Waals surface area contributed by atoms with Crippen LogP contribution in [0, 0.1) is 0 Å². The average Bonchev–Trinajstić information content (AvgIpc) is 2.61. The van der Waals surface area contributed by atoms with E-state index in [2.05, 4.69) is 5.32 Å². The van der Waals surface area contributed by atoms with Gasteiger partial charge in [0, 0.05) is 11.3 Å². The van der Waals surface area contributed by atoms with E-state index in [9.17, 15) is 27.6 Å². The average molecular weight is 379 g/mol. The van der Waals surface area contributed by atoms with Gasteiger partial charge in [-0.25, -0.2) is 4.79 Å². The Balaban J connectivity index is 1.97. The van der Waals surface area contributed by atoms with Crippen LogP contribution < -0.4 is 5.32 Å². The summed E-state index contributed by atoms with van der Waals surface area (Å²) in [7, 11) is 0. The van der Waals surface area contributed by atoms with Crippen molar-refractivity contribution in [2.24, 2.45) is 0 Å². The lowest BCUT2D eigenvalue weighted by Gasteiger charge is -2.14. The molecule has 0 heterocycles. The molecule has 0 fully saturated rings. The molecule has 0 aliphatic rings. The van der Waals surface area contributed by atoms with E-state index in [1.165, 1.54) is 38.1 Å². The lowest BCUT2D eigenvalue weighted by atomic mass is 10.1. The van der Waals surface area contributed by atoms with Gasteiger partial charge in [0.15, 0.2) is 11.9 Å². The quantitative estimate of drug-likeness (QED) is 0.627. The number of rotatable bonds is 5. The van der Waals surface area contributed by atoms with Gasteiger partial charge in [-0.2, -0.15) is 13.2 Å². The fraction of sp³-hybridized carbons (Fsp3) is 0.211. The van der Waals surface area contributed by atoms with Crippen molar-refractivity contribution in [1.82, 2.24) is 0 Å². The minimum Gasteiger partial charge on any atom is -0.449 e. The van der Waals surface area contributed by atoms with Crippen molar-refractivity contribution in [3.05, 3.63) is 65.2 Å². The molecule has 2 rings (SSSR count). The molecular formula is C19H16F3NO4. The Morgan fingerprint density at radius 3 is 1.93 bits per heavy atom. The van der Waals surface area contributed by atoms with Crippen molar-refractivity contribution in [3.8, 4) is 0 Å². The van der Waals surface area contributed by atoms with Crippen LogP contribution in [0.2, 0.25) is 0 Å². The monoisotopic (exact) mass is 379 g/mol. The Morgan fingerprint density at radius 2 is 1.44 bits per heavy atom. The van der Waals surface area contributed by atoms with Crippen molar-refractivity contribution in [2.75, 3.05) is 5.32 Å². The van der Waals surface area contributed by atoms with Gasteiger partial charge in [0.05, 0.1) is 11.1 Å². The number of carbonyl (C=O) groups excluding carboxylic acids is 3. The minimum atomic E-state index is -4.51. The van der Waals surface area contributed by atoms with Gasteiger partial charge in [-0.1, -0.05) is 0 Å². The van der Waals surface area contributed by atoms with Crippen LogP contribution in [-0.2, 0) is 15.7 Å². The lowest BCUT2D eigenvalue weighted by Crippen LogP contribution is -2.30. The highest BCUT2D eigenvalue weighted by Crippen LogP contribution is 2.29. The Kier molecular flexibility index (Phi) is 5.99. The smallest absolute Gasteiger partial charge is 0.416 e. The second-order valence-electron chi connectivity index (χ2n) is 5.75. The first-order valence-corrected chi connectivity index (χ1v) is 7.88. The predicted molar refractivity (Wildman–Crippen MR) is 91.4 cm³/mol. The van der Waals surface area contributed by atoms with Gasteiger partial charge in [-0.05, 0) is 62.4 Å². The number of alkyl halides is 3. The Hall–Kier alpha value is -3.16. The van der Waals surface area contributed by atoms with E-state index in [1.54, 1.807) is 0 Å². The van der Waals surface area contributed by atoms with Crippen LogP contribution >= 0.6 is 0 Å². The number of hydrogen-bond donors (Lipinski definition) is 1. The minimum absolute atomic E-state index is 0.103. The fourth-order valence-corrected chi connectivity index (χ4v) is 2.11. The van der Waals surface area contributed by atoms with Gasteiger partial charge < -0.3 is 10.1 Å². The summed E-state index contributed by atoms with van der Waals surface area (Å²) in [6.45, 7) is 2.75. The molecule has 1 atom stereocenters. The van der Waals surface area contributed by atoms with Crippen LogP contribution in [-0.4, -0.2) is 23.8 Å². The van der Waals surface area contributed by atoms with Crippen LogP contribution in [0.4, 0.5) is 18.9 Å². The highest BCUT2D eigenvalue weighted by molar-refractivity contribution is 5.98. The molecular weight excluding hydrogens is 363 g/mol. The van der Waals surface area contributed by atoms with Crippen molar-refractivity contribution >= 4 is 23.3 Å². The zero-order valence-corrected chi connectivity index (χ0v) is 14.5. The third kappa shape index (κ3) is 5.40. The summed E-state index contributed by atoms with van der Waals surface area (Å²) in [5.74, 6) is -1.66. The number of hydrogen-bond acceptors (Lipinski definition) is 4. The maximum atomic E-state index is 12.5. The van der Waals surface area contributed by atoms with Crippen LogP contribution in [0.3, 0.4) is 0 Å². The van der Waals surface area contributed by atoms with Crippen molar-refractivity contribution in [2.45, 2.75) is 26.1 Å². The topological polar surface area (TPSA) is 72.5 Å². The Bertz CT molecular complexity index is 843. The number of ether oxygens (including phenoxy) is 1. The number of esters is 1. The molecule has 1 N–H and O–H groups in total. The summed E-state index contributed by atoms with van der Waals surface area (Å²) >= 11 is 0. The molecule has 0 aliphatic heterocycles. The molecule has 1 amide bonds. The van der Waals surface area contributed by atoms with Crippen molar-refractivity contribution in [3.63, 3.8) is 0 Å². The number of benzene rings is 2. The van der Waals surface area contributed by atoms with Crippen LogP contribution in [0.1, 0.15) is 40.1 Å². The first-order valence-electron chi connectivity index (χ1n) is 7.88. The molecule has 142 valence electrons. The van der Waals surface area contributed by atoms with Gasteiger partial charge in [0.2, 0.25) is 0 Å². The highest BCUT2D eigenvalue weighted by Gasteiger charge is 2.30. The summed E-state index contributed by atoms with van der Waals surface area (Å²) in [6.07, 6.45) is -5.68. The maximum absolute atomic E-state index is 12.5. The molecule has 8 heteroatoms. The van der Waals surface area contributed by atoms with Crippen molar-refractivity contribution in [1.29, 1.82) is 0 Å². The largest absolute Gasteiger partial charge is 0.449 e. The number of nitrogens with one attached hydrogen (secondary N) is 1. The van der Waals surface area contributed by atoms with Crippen LogP contribution in [0.15, 0.2) is 48.5 Å². The molecule has 0 spiro atoms. The predicted octanol–water partition coefficient (Wildman–Crippen LogP) is 4.09. The lowest BCUT2D eigenvalue weighted by molar-refractivity contribution is -0.137. The van der Waals surface area contributed by atoms with E-state index in [4.69, 9.17) is 4.74 Å². The number of amides is 1. The summed E-state index contributed by atoms with van der Waals surface area (Å²) in [6, 6.07) is 9.62. The van der Waals surface area contributed by atoms with Gasteiger partial charge in [0.1, 0.15) is 0 Å². The van der Waals surface area contributed by atoms with Crippen LogP contribution in [0.5, 0.6) is 0 Å². The van der Waals surface area contributed by atoms with Gasteiger partial charge >= 0.3 is 12.1 Å². The second kappa shape index (κ2) is 8.03. The summed E-state index contributed by atoms with van der Waals surface area (Å²) in [5, 5.41) is 2.52. The maximum Gasteiger partial charge on any atom is 0.416 e. The van der Waals surface area contributed by atoms with E-state index in [-0.39, 0.29) is 11.3 Å². The molecule has 0 unspecified atom stereocenters. The molecule has 0 aromatic heterocycles. The van der Waals surface area contributed by atoms with Crippen molar-refractivity contribution < 1.29 is 32.3 Å². The normalized spacial score (nSPS) is 12.2. The van der Waals surface area contributed by atoms with Gasteiger partial charge in [-0.15, -0.1) is 0 Å². The molecule has 0 saturated carbocycles. The van der Waals surface area contributed by atoms with E-state index in [0.29, 0.717) is 11.3 Å². The Labute approximate surface area is 153 Å². The van der Waals surface area contributed by atoms with Crippen LogP contribution in [0.25, 0.3) is 0 Å². The molecule has 2 aromatic rings. The van der Waals surface area contributed by atoms with Gasteiger partial charge in [0.25, 0.3) is 5.91 Å². The molecule has 5 nitrogen and oxygen atoms in total. The van der Waals surface area contributed by atoms with E-state index in [1.807, 2.05) is 0 Å². The number of halogens is 3. The standard InChI is InChI=1S/C19H16F3NO4/c1-11(24)13-5-9-16(10-6-13)23-17(25)12(2)27-18(26)14-3-7-15(8-4-14)19(20,21)22/h3-10,12H,1-2H3,(H,23,25)/t12-/m1/s1. The SMILES string of the molecule is CC(=O)c1ccc(NC(=O)[C@@H](C)OC(=O)c2ccc(C(F)(F)F)cc2)cc1. The zero-order valence-electron chi connectivity index (χ0n) is 14.5. The number of anilines is 1. The molecule has 0 saturated heterocycles. The number of Topliss-reactive ketones (excluding diaryl/α,β-unsaturated/α-hetero) is 1. The first kappa shape index (κ1) is 20.2. The summed E-state index contributed by atoms with van der Waals surface area (Å²) in [5.41, 5.74) is -0.107. The number of carbonyl (C=O) groups is 3. The molecule has 2 aromatic carbocycles. The second-order valence-corrected chi connectivity index (χ2v) is 5.75. The van der Waals surface area contributed by atoms with E-state index < -0.39 is 29.7 Å². The third-order valence-corrected chi connectivity index (χ3v) is 3.66. The van der Waals surface area contributed by atoms with E-state index >= 15 is 0 Å². The Morgan fingerprint density at radius 1 is 0.926 bits per heavy atom. The molecule has 0 bridgehead atoms. The summed E-state index contributed by atoms with van der Waals surface area (Å²) < 4.78 is 42.5. The molecule has 27 heavy (non-hydrogen) atoms. The zero-order chi connectivity index (χ0) is 20.2. The van der Waals surface area contributed by atoms with Gasteiger partial charge in [-0.3, -0.25) is 9.59 Å². The molecule has 0 radical (unpaired) electrons. The number of ketones is 1. The fourth-order valence-electron chi connectivity index (χ4n) is 2.11. The first-order chi connectivity index (χ1) is 12.6. The highest BCUT2D eigenvalue weighted by atomic mass is 19.4.